The number of nitrogens with zero attached hydrogens (tertiary/aromatic N) is 4. The molecule has 1 saturated heterocycles. The summed E-state index contributed by atoms with van der Waals surface area (Å²) >= 11 is 0. The molecule has 1 aliphatic rings. The van der Waals surface area contributed by atoms with Crippen molar-refractivity contribution in [3.63, 3.8) is 0 Å². The van der Waals surface area contributed by atoms with Crippen LogP contribution in [-0.4, -0.2) is 32.8 Å². The van der Waals surface area contributed by atoms with E-state index in [2.05, 4.69) is 43.9 Å². The van der Waals surface area contributed by atoms with E-state index in [0.29, 0.717) is 12.6 Å². The minimum absolute atomic E-state index is 0.325. The Balaban J connectivity index is 1.32. The molecule has 0 N–H and O–H groups in total. The Labute approximate surface area is 159 Å². The van der Waals surface area contributed by atoms with Crippen LogP contribution in [0.15, 0.2) is 53.6 Å². The maximum absolute atomic E-state index is 5.94. The average molecular weight is 366 g/mol. The molecule has 27 heavy (non-hydrogen) atoms. The van der Waals surface area contributed by atoms with E-state index in [-0.39, 0.29) is 0 Å². The predicted octanol–water partition coefficient (Wildman–Crippen LogP) is 3.99. The Morgan fingerprint density at radius 3 is 3.07 bits per heavy atom. The number of aryl methyl sites for hydroxylation is 2. The summed E-state index contributed by atoms with van der Waals surface area (Å²) in [6.07, 6.45) is 8.88. The molecule has 0 amide bonds. The van der Waals surface area contributed by atoms with Crippen LogP contribution >= 0.6 is 0 Å². The second kappa shape index (κ2) is 8.39. The largest absolute Gasteiger partial charge is 0.494 e. The number of imidazole rings is 1. The number of hydrogen-bond acceptors (Lipinski definition) is 5. The van der Waals surface area contributed by atoms with Crippen molar-refractivity contribution < 1.29 is 9.26 Å². The van der Waals surface area contributed by atoms with Gasteiger partial charge in [0.15, 0.2) is 5.76 Å². The van der Waals surface area contributed by atoms with Crippen LogP contribution in [0.1, 0.15) is 42.3 Å². The number of rotatable bonds is 8. The molecule has 3 heterocycles. The van der Waals surface area contributed by atoms with Gasteiger partial charge in [-0.05, 0) is 50.4 Å². The lowest BCUT2D eigenvalue weighted by Gasteiger charge is -2.22. The van der Waals surface area contributed by atoms with E-state index in [1.165, 1.54) is 12.0 Å². The summed E-state index contributed by atoms with van der Waals surface area (Å²) in [5.74, 6) is 1.92. The van der Waals surface area contributed by atoms with E-state index >= 15 is 0 Å². The molecule has 0 radical (unpaired) electrons. The maximum Gasteiger partial charge on any atom is 0.154 e. The SMILES string of the molecule is Cc1cc([C@@H]2CCCN2Cc2cccc(OCCCn3ccnc3)c2)on1. The van der Waals surface area contributed by atoms with Gasteiger partial charge in [-0.15, -0.1) is 0 Å². The zero-order valence-corrected chi connectivity index (χ0v) is 15.8. The molecule has 1 aliphatic heterocycles. The van der Waals surface area contributed by atoms with E-state index in [1.54, 1.807) is 6.20 Å². The fourth-order valence-electron chi connectivity index (χ4n) is 3.70. The fourth-order valence-corrected chi connectivity index (χ4v) is 3.70. The first-order valence-corrected chi connectivity index (χ1v) is 9.63. The topological polar surface area (TPSA) is 56.3 Å². The summed E-state index contributed by atoms with van der Waals surface area (Å²) < 4.78 is 13.5. The first-order valence-electron chi connectivity index (χ1n) is 9.63. The summed E-state index contributed by atoms with van der Waals surface area (Å²) in [6.45, 7) is 5.58. The number of hydrogen-bond donors (Lipinski definition) is 0. The van der Waals surface area contributed by atoms with Gasteiger partial charge in [-0.2, -0.15) is 0 Å². The zero-order valence-electron chi connectivity index (χ0n) is 15.8. The van der Waals surface area contributed by atoms with Crippen molar-refractivity contribution in [1.82, 2.24) is 19.6 Å². The predicted molar refractivity (Wildman–Crippen MR) is 102 cm³/mol. The third-order valence-electron chi connectivity index (χ3n) is 5.01. The normalized spacial score (nSPS) is 17.4. The van der Waals surface area contributed by atoms with Crippen LogP contribution in [0.2, 0.25) is 0 Å². The number of ether oxygens (including phenoxy) is 1. The number of benzene rings is 1. The minimum Gasteiger partial charge on any atom is -0.494 e. The van der Waals surface area contributed by atoms with Crippen LogP contribution < -0.4 is 4.74 Å². The van der Waals surface area contributed by atoms with Gasteiger partial charge in [0.2, 0.25) is 0 Å². The highest BCUT2D eigenvalue weighted by atomic mass is 16.5. The summed E-state index contributed by atoms with van der Waals surface area (Å²) in [4.78, 5) is 6.53. The molecular weight excluding hydrogens is 340 g/mol. The van der Waals surface area contributed by atoms with Crippen LogP contribution in [0.3, 0.4) is 0 Å². The minimum atomic E-state index is 0.325. The average Bonchev–Trinajstić information content (AvgIpc) is 3.41. The van der Waals surface area contributed by atoms with Gasteiger partial charge in [-0.3, -0.25) is 4.90 Å². The third-order valence-corrected chi connectivity index (χ3v) is 5.01. The Kier molecular flexibility index (Phi) is 5.53. The van der Waals surface area contributed by atoms with Crippen LogP contribution in [0.4, 0.5) is 0 Å². The van der Waals surface area contributed by atoms with E-state index < -0.39 is 0 Å². The monoisotopic (exact) mass is 366 g/mol. The van der Waals surface area contributed by atoms with Gasteiger partial charge >= 0.3 is 0 Å². The molecule has 3 aromatic rings. The Hall–Kier alpha value is -2.60. The van der Waals surface area contributed by atoms with Gasteiger partial charge in [-0.1, -0.05) is 17.3 Å². The van der Waals surface area contributed by atoms with Crippen molar-refractivity contribution in [3.05, 3.63) is 66.1 Å². The molecule has 0 spiro atoms. The third kappa shape index (κ3) is 4.57. The lowest BCUT2D eigenvalue weighted by Crippen LogP contribution is -2.22. The lowest BCUT2D eigenvalue weighted by molar-refractivity contribution is 0.206. The molecular formula is C21H26N4O2. The van der Waals surface area contributed by atoms with Crippen molar-refractivity contribution in [2.24, 2.45) is 0 Å². The lowest BCUT2D eigenvalue weighted by atomic mass is 10.1. The molecule has 142 valence electrons. The summed E-state index contributed by atoms with van der Waals surface area (Å²) in [5, 5.41) is 4.05. The molecule has 1 atom stereocenters. The highest BCUT2D eigenvalue weighted by Crippen LogP contribution is 2.33. The van der Waals surface area contributed by atoms with Crippen LogP contribution in [-0.2, 0) is 13.1 Å². The summed E-state index contributed by atoms with van der Waals surface area (Å²) in [6, 6.07) is 10.8. The fraction of sp³-hybridized carbons (Fsp3) is 0.429. The van der Waals surface area contributed by atoms with Crippen LogP contribution in [0, 0.1) is 6.92 Å². The molecule has 2 aromatic heterocycles. The Bertz CT molecular complexity index is 844. The molecule has 0 saturated carbocycles. The molecule has 0 bridgehead atoms. The standard InChI is InChI=1S/C21H26N4O2/c1-17-13-21(27-23-17)20-7-3-10-25(20)15-18-5-2-6-19(14-18)26-12-4-9-24-11-8-22-16-24/h2,5-6,8,11,13-14,16,20H,3-4,7,9-10,12,15H2,1H3/t20-/m0/s1. The van der Waals surface area contributed by atoms with Crippen molar-refractivity contribution in [1.29, 1.82) is 0 Å². The van der Waals surface area contributed by atoms with Gasteiger partial charge in [-0.25, -0.2) is 4.98 Å². The highest BCUT2D eigenvalue weighted by molar-refractivity contribution is 5.28. The molecule has 1 aromatic carbocycles. The smallest absolute Gasteiger partial charge is 0.154 e. The van der Waals surface area contributed by atoms with E-state index in [1.807, 2.05) is 25.5 Å². The van der Waals surface area contributed by atoms with Crippen LogP contribution in [0.5, 0.6) is 5.75 Å². The second-order valence-corrected chi connectivity index (χ2v) is 7.15. The second-order valence-electron chi connectivity index (χ2n) is 7.15. The van der Waals surface area contributed by atoms with Crippen molar-refractivity contribution in [3.8, 4) is 5.75 Å². The molecule has 6 nitrogen and oxygen atoms in total. The summed E-state index contributed by atoms with van der Waals surface area (Å²) in [7, 11) is 0. The van der Waals surface area contributed by atoms with Crippen molar-refractivity contribution in [2.45, 2.75) is 45.3 Å². The van der Waals surface area contributed by atoms with Gasteiger partial charge in [0.05, 0.1) is 24.7 Å². The first-order chi connectivity index (χ1) is 13.3. The maximum atomic E-state index is 5.94. The van der Waals surface area contributed by atoms with Gasteiger partial charge in [0.25, 0.3) is 0 Å². The molecule has 6 heteroatoms. The van der Waals surface area contributed by atoms with Crippen molar-refractivity contribution >= 4 is 0 Å². The molecule has 0 aliphatic carbocycles. The number of likely N-dealkylation sites (tertiary alicyclic amines) is 1. The van der Waals surface area contributed by atoms with Crippen LogP contribution in [0.25, 0.3) is 0 Å². The first kappa shape index (κ1) is 17.8. The highest BCUT2D eigenvalue weighted by Gasteiger charge is 2.29. The molecule has 0 unspecified atom stereocenters. The summed E-state index contributed by atoms with van der Waals surface area (Å²) in [5.41, 5.74) is 2.22. The van der Waals surface area contributed by atoms with E-state index in [9.17, 15) is 0 Å². The van der Waals surface area contributed by atoms with E-state index in [4.69, 9.17) is 9.26 Å². The van der Waals surface area contributed by atoms with Gasteiger partial charge in [0, 0.05) is 31.5 Å². The van der Waals surface area contributed by atoms with E-state index in [0.717, 1.165) is 49.7 Å². The zero-order chi connectivity index (χ0) is 18.5. The quantitative estimate of drug-likeness (QED) is 0.564. The Morgan fingerprint density at radius 1 is 1.30 bits per heavy atom. The molecule has 4 rings (SSSR count). The van der Waals surface area contributed by atoms with Crippen molar-refractivity contribution in [2.75, 3.05) is 13.2 Å². The van der Waals surface area contributed by atoms with Gasteiger partial charge in [0.1, 0.15) is 5.75 Å². The molecule has 1 fully saturated rings. The number of aromatic nitrogens is 3. The van der Waals surface area contributed by atoms with Gasteiger partial charge < -0.3 is 13.8 Å². The Morgan fingerprint density at radius 2 is 2.26 bits per heavy atom.